The molecule has 0 saturated carbocycles. The Balaban J connectivity index is 4.32. The van der Waals surface area contributed by atoms with Crippen molar-refractivity contribution in [3.63, 3.8) is 0 Å². The Hall–Kier alpha value is -0.520. The third-order valence-corrected chi connectivity index (χ3v) is 11.3. The van der Waals surface area contributed by atoms with Crippen molar-refractivity contribution < 1.29 is 0 Å². The summed E-state index contributed by atoms with van der Waals surface area (Å²) in [6, 6.07) is 0. The third kappa shape index (κ3) is 32.4. The molecule has 3 atom stereocenters. The van der Waals surface area contributed by atoms with Gasteiger partial charge in [-0.2, -0.15) is 0 Å². The SMILES string of the molecule is C=C(CCCCCC(C)CCCCCCC)CCCCC(CCCCCC)CCCC/C(=C\CC)CCC(CCC)CCCCCC. The summed E-state index contributed by atoms with van der Waals surface area (Å²) >= 11 is 0. The largest absolute Gasteiger partial charge is 0.0999 e. The normalized spacial score (nSPS) is 14.0. The van der Waals surface area contributed by atoms with Crippen molar-refractivity contribution in [1.82, 2.24) is 0 Å². The minimum atomic E-state index is 0.929. The molecule has 0 rings (SSSR count). The summed E-state index contributed by atoms with van der Waals surface area (Å²) in [6.07, 6.45) is 50.5. The lowest BCUT2D eigenvalue weighted by molar-refractivity contribution is 0.370. The molecule has 3 unspecified atom stereocenters. The first kappa shape index (κ1) is 46.5. The van der Waals surface area contributed by atoms with E-state index in [4.69, 9.17) is 0 Å². The van der Waals surface area contributed by atoms with Crippen molar-refractivity contribution in [2.24, 2.45) is 17.8 Å². The zero-order chi connectivity index (χ0) is 34.6. The van der Waals surface area contributed by atoms with Crippen LogP contribution in [0.2, 0.25) is 0 Å². The Morgan fingerprint density at radius 3 is 1.32 bits per heavy atom. The second-order valence-corrected chi connectivity index (χ2v) is 16.2. The van der Waals surface area contributed by atoms with Crippen molar-refractivity contribution >= 4 is 0 Å². The van der Waals surface area contributed by atoms with Crippen molar-refractivity contribution in [3.05, 3.63) is 23.8 Å². The van der Waals surface area contributed by atoms with Gasteiger partial charge < -0.3 is 0 Å². The average Bonchev–Trinajstić information content (AvgIpc) is 3.06. The molecule has 0 aliphatic heterocycles. The Kier molecular flexibility index (Phi) is 36.3. The second kappa shape index (κ2) is 36.8. The summed E-state index contributed by atoms with van der Waals surface area (Å²) in [6.45, 7) is 18.7. The first-order chi connectivity index (χ1) is 23.0. The van der Waals surface area contributed by atoms with Gasteiger partial charge in [-0.15, -0.1) is 0 Å². The van der Waals surface area contributed by atoms with E-state index in [1.807, 2.05) is 0 Å². The zero-order valence-electron chi connectivity index (χ0n) is 34.1. The quantitative estimate of drug-likeness (QED) is 0.0458. The van der Waals surface area contributed by atoms with E-state index in [0.29, 0.717) is 0 Å². The zero-order valence-corrected chi connectivity index (χ0v) is 34.1. The van der Waals surface area contributed by atoms with Crippen LogP contribution in [-0.4, -0.2) is 0 Å². The van der Waals surface area contributed by atoms with Crippen LogP contribution in [0.4, 0.5) is 0 Å². The highest BCUT2D eigenvalue weighted by Crippen LogP contribution is 2.28. The maximum atomic E-state index is 4.48. The fraction of sp³-hybridized carbons (Fsp3) is 0.915. The number of hydrogen-bond acceptors (Lipinski definition) is 0. The molecule has 0 nitrogen and oxygen atoms in total. The molecule has 0 fully saturated rings. The summed E-state index contributed by atoms with van der Waals surface area (Å²) in [5.41, 5.74) is 3.32. The van der Waals surface area contributed by atoms with Gasteiger partial charge in [0.1, 0.15) is 0 Å². The molecule has 0 heterocycles. The summed E-state index contributed by atoms with van der Waals surface area (Å²) in [5, 5.41) is 0. The van der Waals surface area contributed by atoms with E-state index in [1.165, 1.54) is 224 Å². The van der Waals surface area contributed by atoms with Gasteiger partial charge in [0, 0.05) is 0 Å². The van der Waals surface area contributed by atoms with Crippen LogP contribution in [0.1, 0.15) is 260 Å². The molecule has 0 aromatic carbocycles. The van der Waals surface area contributed by atoms with E-state index in [2.05, 4.69) is 54.2 Å². The highest BCUT2D eigenvalue weighted by Gasteiger charge is 2.12. The van der Waals surface area contributed by atoms with E-state index >= 15 is 0 Å². The van der Waals surface area contributed by atoms with Crippen LogP contribution in [0, 0.1) is 17.8 Å². The van der Waals surface area contributed by atoms with E-state index in [-0.39, 0.29) is 0 Å². The molecule has 0 aliphatic carbocycles. The third-order valence-electron chi connectivity index (χ3n) is 11.3. The fourth-order valence-electron chi connectivity index (χ4n) is 8.00. The van der Waals surface area contributed by atoms with Gasteiger partial charge in [0.05, 0.1) is 0 Å². The van der Waals surface area contributed by atoms with Crippen molar-refractivity contribution in [3.8, 4) is 0 Å². The minimum absolute atomic E-state index is 0.929. The monoisotopic (exact) mass is 657 g/mol. The number of hydrogen-bond donors (Lipinski definition) is 0. The van der Waals surface area contributed by atoms with Crippen LogP contribution in [0.25, 0.3) is 0 Å². The summed E-state index contributed by atoms with van der Waals surface area (Å²) in [4.78, 5) is 0. The smallest absolute Gasteiger partial charge is 0.0318 e. The van der Waals surface area contributed by atoms with E-state index in [0.717, 1.165) is 17.8 Å². The Labute approximate surface area is 300 Å². The molecule has 0 saturated heterocycles. The fourth-order valence-corrected chi connectivity index (χ4v) is 8.00. The van der Waals surface area contributed by atoms with Gasteiger partial charge in [0.25, 0.3) is 0 Å². The summed E-state index contributed by atoms with van der Waals surface area (Å²) < 4.78 is 0. The minimum Gasteiger partial charge on any atom is -0.0999 e. The number of unbranched alkanes of at least 4 members (excludes halogenated alkanes) is 14. The van der Waals surface area contributed by atoms with Crippen LogP contribution in [0.3, 0.4) is 0 Å². The van der Waals surface area contributed by atoms with E-state index in [9.17, 15) is 0 Å². The van der Waals surface area contributed by atoms with E-state index < -0.39 is 0 Å². The Bertz CT molecular complexity index is 655. The summed E-state index contributed by atoms with van der Waals surface area (Å²) in [7, 11) is 0. The number of allylic oxidation sites excluding steroid dienone is 3. The highest BCUT2D eigenvalue weighted by molar-refractivity contribution is 5.02. The average molecular weight is 657 g/mol. The van der Waals surface area contributed by atoms with Gasteiger partial charge in [-0.3, -0.25) is 0 Å². The molecule has 0 amide bonds. The molecule has 0 aromatic rings. The maximum absolute atomic E-state index is 4.48. The van der Waals surface area contributed by atoms with Gasteiger partial charge in [0.2, 0.25) is 0 Å². The van der Waals surface area contributed by atoms with Gasteiger partial charge in [-0.1, -0.05) is 226 Å². The molecular weight excluding hydrogens is 565 g/mol. The predicted octanol–water partition coefficient (Wildman–Crippen LogP) is 17.7. The van der Waals surface area contributed by atoms with Crippen molar-refractivity contribution in [2.75, 3.05) is 0 Å². The lowest BCUT2D eigenvalue weighted by atomic mass is 9.87. The molecule has 0 bridgehead atoms. The maximum Gasteiger partial charge on any atom is -0.0318 e. The lowest BCUT2D eigenvalue weighted by Crippen LogP contribution is -2.03. The predicted molar refractivity (Wildman–Crippen MR) is 219 cm³/mol. The molecule has 47 heavy (non-hydrogen) atoms. The molecule has 0 aromatic heterocycles. The Morgan fingerprint density at radius 2 is 0.809 bits per heavy atom. The van der Waals surface area contributed by atoms with Crippen LogP contribution in [0.5, 0.6) is 0 Å². The van der Waals surface area contributed by atoms with Gasteiger partial charge >= 0.3 is 0 Å². The first-order valence-corrected chi connectivity index (χ1v) is 22.3. The summed E-state index contributed by atoms with van der Waals surface area (Å²) in [5.74, 6) is 2.85. The molecule has 0 heteroatoms. The van der Waals surface area contributed by atoms with Gasteiger partial charge in [0.15, 0.2) is 0 Å². The van der Waals surface area contributed by atoms with Crippen LogP contribution in [-0.2, 0) is 0 Å². The van der Waals surface area contributed by atoms with Crippen LogP contribution in [0.15, 0.2) is 23.8 Å². The lowest BCUT2D eigenvalue weighted by Gasteiger charge is -2.19. The number of rotatable bonds is 38. The molecule has 0 radical (unpaired) electrons. The van der Waals surface area contributed by atoms with Crippen LogP contribution < -0.4 is 0 Å². The van der Waals surface area contributed by atoms with Crippen molar-refractivity contribution in [1.29, 1.82) is 0 Å². The topological polar surface area (TPSA) is 0 Å². The van der Waals surface area contributed by atoms with Gasteiger partial charge in [-0.05, 0) is 75.5 Å². The molecular formula is C47H92. The Morgan fingerprint density at radius 1 is 0.404 bits per heavy atom. The van der Waals surface area contributed by atoms with E-state index in [1.54, 1.807) is 5.57 Å². The molecule has 0 aliphatic rings. The van der Waals surface area contributed by atoms with Crippen molar-refractivity contribution in [2.45, 2.75) is 260 Å². The second-order valence-electron chi connectivity index (χ2n) is 16.2. The van der Waals surface area contributed by atoms with Gasteiger partial charge in [-0.25, -0.2) is 0 Å². The highest BCUT2D eigenvalue weighted by atomic mass is 14.2. The first-order valence-electron chi connectivity index (χ1n) is 22.3. The standard InChI is InChI=1S/C47H92/c1-8-13-16-19-21-32-43(6)33-22-20-23-34-44(7)35-26-27-39-47(37-25-18-15-10-3)40-29-28-38-46(31-12-5)42-41-45(30-11-4)36-24-17-14-9-2/h31,43,45,47H,7-30,32-42H2,1-6H3/b46-31+. The molecule has 0 spiro atoms. The molecule has 0 N–H and O–H groups in total. The van der Waals surface area contributed by atoms with Crippen LogP contribution >= 0.6 is 0 Å². The molecule has 280 valence electrons.